The first-order chi connectivity index (χ1) is 9.65. The van der Waals surface area contributed by atoms with E-state index in [1.54, 1.807) is 6.08 Å². The normalized spacial score (nSPS) is 11.5. The van der Waals surface area contributed by atoms with Crippen LogP contribution >= 0.6 is 22.9 Å². The van der Waals surface area contributed by atoms with Gasteiger partial charge < -0.3 is 0 Å². The number of aryl methyl sites for hydroxylation is 1. The molecule has 2 heterocycles. The molecule has 20 heavy (non-hydrogen) atoms. The molecule has 0 aliphatic rings. The zero-order valence-corrected chi connectivity index (χ0v) is 12.1. The van der Waals surface area contributed by atoms with Gasteiger partial charge in [-0.3, -0.25) is 4.79 Å². The first kappa shape index (κ1) is 13.0. The van der Waals surface area contributed by atoms with Crippen LogP contribution in [0.2, 0.25) is 5.02 Å². The summed E-state index contributed by atoms with van der Waals surface area (Å²) in [7, 11) is 0. The van der Waals surface area contributed by atoms with E-state index >= 15 is 0 Å². The summed E-state index contributed by atoms with van der Waals surface area (Å²) in [6, 6.07) is 9.76. The molecule has 0 radical (unpaired) electrons. The molecule has 0 aliphatic carbocycles. The smallest absolute Gasteiger partial charge is 0.266 e. The summed E-state index contributed by atoms with van der Waals surface area (Å²) >= 11 is 7.42. The van der Waals surface area contributed by atoms with E-state index in [0.717, 1.165) is 10.6 Å². The second-order valence-corrected chi connectivity index (χ2v) is 5.71. The molecule has 0 N–H and O–H groups in total. The minimum absolute atomic E-state index is 0.0833. The Morgan fingerprint density at radius 2 is 2.00 bits per heavy atom. The van der Waals surface area contributed by atoms with Crippen LogP contribution in [-0.4, -0.2) is 14.6 Å². The van der Waals surface area contributed by atoms with Crippen molar-refractivity contribution in [2.24, 2.45) is 0 Å². The van der Waals surface area contributed by atoms with Crippen molar-refractivity contribution in [1.82, 2.24) is 14.6 Å². The van der Waals surface area contributed by atoms with E-state index in [9.17, 15) is 4.79 Å². The lowest BCUT2D eigenvalue weighted by Crippen LogP contribution is -2.16. The number of hydrogen-bond donors (Lipinski definition) is 0. The number of aromatic nitrogens is 3. The first-order valence-electron chi connectivity index (χ1n) is 5.94. The maximum atomic E-state index is 12.1. The van der Waals surface area contributed by atoms with Gasteiger partial charge in [0.25, 0.3) is 5.56 Å². The summed E-state index contributed by atoms with van der Waals surface area (Å²) in [6.07, 6.45) is 3.62. The van der Waals surface area contributed by atoms with E-state index in [2.05, 4.69) is 10.1 Å². The monoisotopic (exact) mass is 303 g/mol. The highest BCUT2D eigenvalue weighted by Gasteiger charge is 2.11. The lowest BCUT2D eigenvalue weighted by Gasteiger charge is -1.98. The van der Waals surface area contributed by atoms with Gasteiger partial charge in [-0.05, 0) is 18.6 Å². The fraction of sp³-hybridized carbons (Fsp3) is 0.0714. The highest BCUT2D eigenvalue weighted by molar-refractivity contribution is 7.16. The quantitative estimate of drug-likeness (QED) is 0.730. The zero-order chi connectivity index (χ0) is 14.1. The van der Waals surface area contributed by atoms with Crippen molar-refractivity contribution in [3.8, 4) is 0 Å². The van der Waals surface area contributed by atoms with Crippen molar-refractivity contribution in [1.29, 1.82) is 0 Å². The van der Waals surface area contributed by atoms with Crippen LogP contribution in [0.1, 0.15) is 16.3 Å². The summed E-state index contributed by atoms with van der Waals surface area (Å²) in [6.45, 7) is 1.83. The van der Waals surface area contributed by atoms with Gasteiger partial charge in [0.1, 0.15) is 10.0 Å². The third-order valence-corrected chi connectivity index (χ3v) is 3.89. The van der Waals surface area contributed by atoms with Crippen molar-refractivity contribution in [3.05, 3.63) is 62.0 Å². The van der Waals surface area contributed by atoms with Crippen molar-refractivity contribution >= 4 is 40.1 Å². The number of rotatable bonds is 2. The van der Waals surface area contributed by atoms with Gasteiger partial charge in [-0.25, -0.2) is 4.98 Å². The van der Waals surface area contributed by atoms with Gasteiger partial charge in [0.05, 0.1) is 5.69 Å². The van der Waals surface area contributed by atoms with Gasteiger partial charge in [-0.1, -0.05) is 59.3 Å². The molecule has 0 fully saturated rings. The summed E-state index contributed by atoms with van der Waals surface area (Å²) in [5, 5.41) is 4.94. The van der Waals surface area contributed by atoms with E-state index in [1.807, 2.05) is 43.3 Å². The molecule has 0 unspecified atom stereocenters. The number of fused-ring (bicyclic) bond motifs is 1. The summed E-state index contributed by atoms with van der Waals surface area (Å²) in [4.78, 5) is 17.0. The van der Waals surface area contributed by atoms with Gasteiger partial charge in [0, 0.05) is 0 Å². The Labute approximate surface area is 124 Å². The molecule has 0 saturated heterocycles. The highest BCUT2D eigenvalue weighted by atomic mass is 35.5. The SMILES string of the molecule is Cc1nn2c(=O)c(Cl)c(/C=C/c3ccccc3)nc2s1. The van der Waals surface area contributed by atoms with E-state index in [0.29, 0.717) is 10.7 Å². The molecule has 0 spiro atoms. The summed E-state index contributed by atoms with van der Waals surface area (Å²) in [5.74, 6) is 0. The minimum atomic E-state index is -0.339. The van der Waals surface area contributed by atoms with Crippen LogP contribution in [0.5, 0.6) is 0 Å². The van der Waals surface area contributed by atoms with E-state index in [4.69, 9.17) is 11.6 Å². The Kier molecular flexibility index (Phi) is 3.38. The molecule has 2 aromatic heterocycles. The fourth-order valence-electron chi connectivity index (χ4n) is 1.79. The molecule has 3 rings (SSSR count). The van der Waals surface area contributed by atoms with Gasteiger partial charge in [0.2, 0.25) is 4.96 Å². The number of halogens is 1. The average molecular weight is 304 g/mol. The lowest BCUT2D eigenvalue weighted by molar-refractivity contribution is 0.879. The van der Waals surface area contributed by atoms with Crippen molar-refractivity contribution in [2.75, 3.05) is 0 Å². The molecular weight excluding hydrogens is 294 g/mol. The third-order valence-electron chi connectivity index (χ3n) is 2.72. The van der Waals surface area contributed by atoms with Crippen LogP contribution in [0, 0.1) is 6.92 Å². The Morgan fingerprint density at radius 1 is 1.25 bits per heavy atom. The predicted octanol–water partition coefficient (Wildman–Crippen LogP) is 3.28. The van der Waals surface area contributed by atoms with Crippen molar-refractivity contribution in [2.45, 2.75) is 6.92 Å². The molecule has 0 saturated carbocycles. The number of hydrogen-bond acceptors (Lipinski definition) is 4. The molecule has 6 heteroatoms. The van der Waals surface area contributed by atoms with Gasteiger partial charge in [-0.2, -0.15) is 9.61 Å². The van der Waals surface area contributed by atoms with Crippen LogP contribution in [-0.2, 0) is 0 Å². The molecule has 3 aromatic rings. The van der Waals surface area contributed by atoms with Crippen molar-refractivity contribution < 1.29 is 0 Å². The molecule has 0 atom stereocenters. The minimum Gasteiger partial charge on any atom is -0.266 e. The van der Waals surface area contributed by atoms with Crippen LogP contribution in [0.4, 0.5) is 0 Å². The second-order valence-electron chi connectivity index (χ2n) is 4.18. The zero-order valence-electron chi connectivity index (χ0n) is 10.6. The molecular formula is C14H10ClN3OS. The van der Waals surface area contributed by atoms with E-state index < -0.39 is 0 Å². The molecule has 4 nitrogen and oxygen atoms in total. The Hall–Kier alpha value is -1.98. The van der Waals surface area contributed by atoms with E-state index in [1.165, 1.54) is 15.9 Å². The number of nitrogens with zero attached hydrogens (tertiary/aromatic N) is 3. The molecule has 0 aliphatic heterocycles. The Bertz CT molecular complexity index is 852. The third kappa shape index (κ3) is 2.37. The van der Waals surface area contributed by atoms with Crippen LogP contribution < -0.4 is 5.56 Å². The maximum absolute atomic E-state index is 12.1. The highest BCUT2D eigenvalue weighted by Crippen LogP contribution is 2.17. The molecule has 100 valence electrons. The maximum Gasteiger partial charge on any atom is 0.294 e. The van der Waals surface area contributed by atoms with Crippen LogP contribution in [0.15, 0.2) is 35.1 Å². The van der Waals surface area contributed by atoms with Crippen LogP contribution in [0.25, 0.3) is 17.1 Å². The van der Waals surface area contributed by atoms with Crippen LogP contribution in [0.3, 0.4) is 0 Å². The standard InChI is InChI=1S/C14H10ClN3OS/c1-9-17-18-13(19)12(15)11(16-14(18)20-9)8-7-10-5-3-2-4-6-10/h2-8H,1H3/b8-7+. The van der Waals surface area contributed by atoms with E-state index in [-0.39, 0.29) is 10.6 Å². The van der Waals surface area contributed by atoms with Gasteiger partial charge in [-0.15, -0.1) is 0 Å². The molecule has 0 amide bonds. The summed E-state index contributed by atoms with van der Waals surface area (Å²) < 4.78 is 1.24. The lowest BCUT2D eigenvalue weighted by atomic mass is 10.2. The Balaban J connectivity index is 2.10. The fourth-order valence-corrected chi connectivity index (χ4v) is 2.71. The largest absolute Gasteiger partial charge is 0.294 e. The Morgan fingerprint density at radius 3 is 2.75 bits per heavy atom. The van der Waals surface area contributed by atoms with Gasteiger partial charge in [0.15, 0.2) is 0 Å². The molecule has 1 aromatic carbocycles. The van der Waals surface area contributed by atoms with Crippen molar-refractivity contribution in [3.63, 3.8) is 0 Å². The summed E-state index contributed by atoms with van der Waals surface area (Å²) in [5.41, 5.74) is 1.14. The molecule has 0 bridgehead atoms. The van der Waals surface area contributed by atoms with Gasteiger partial charge >= 0.3 is 0 Å². The average Bonchev–Trinajstić information content (AvgIpc) is 2.83. The number of benzene rings is 1. The predicted molar refractivity (Wildman–Crippen MR) is 82.3 cm³/mol. The first-order valence-corrected chi connectivity index (χ1v) is 7.14. The topological polar surface area (TPSA) is 47.3 Å². The second kappa shape index (κ2) is 5.19.